The highest BCUT2D eigenvalue weighted by molar-refractivity contribution is 6.37. The number of hydrogen-bond acceptors (Lipinski definition) is 5. The molecule has 1 atom stereocenters. The average molecular weight is 335 g/mol. The molecule has 0 heterocycles. The first-order valence-corrected chi connectivity index (χ1v) is 6.36. The predicted octanol–water partition coefficient (Wildman–Crippen LogP) is 1.74. The second-order valence-electron chi connectivity index (χ2n) is 3.87. The van der Waals surface area contributed by atoms with Crippen LogP contribution in [0.2, 0.25) is 10.0 Å². The van der Waals surface area contributed by atoms with E-state index < -0.39 is 24.0 Å². The number of nitrogens with two attached hydrogens (primary N) is 1. The second-order valence-corrected chi connectivity index (χ2v) is 4.69. The number of urea groups is 1. The smallest absolute Gasteiger partial charge is 0.339 e. The summed E-state index contributed by atoms with van der Waals surface area (Å²) in [6.45, 7) is 1.28. The summed E-state index contributed by atoms with van der Waals surface area (Å²) >= 11 is 11.8. The van der Waals surface area contributed by atoms with E-state index in [1.807, 2.05) is 0 Å². The van der Waals surface area contributed by atoms with E-state index in [1.165, 1.54) is 26.2 Å². The van der Waals surface area contributed by atoms with Gasteiger partial charge in [-0.2, -0.15) is 0 Å². The molecule has 1 rings (SSSR count). The lowest BCUT2D eigenvalue weighted by molar-refractivity contribution is -0.127. The molecule has 1 aromatic rings. The van der Waals surface area contributed by atoms with Crippen LogP contribution in [0.5, 0.6) is 5.75 Å². The van der Waals surface area contributed by atoms with E-state index in [0.29, 0.717) is 0 Å². The monoisotopic (exact) mass is 334 g/mol. The van der Waals surface area contributed by atoms with Crippen molar-refractivity contribution in [1.82, 2.24) is 5.32 Å². The molecule has 114 valence electrons. The summed E-state index contributed by atoms with van der Waals surface area (Å²) in [5.74, 6) is -1.47. The minimum atomic E-state index is -1.22. The van der Waals surface area contributed by atoms with Crippen LogP contribution in [0.3, 0.4) is 0 Å². The number of rotatable bonds is 4. The Hall–Kier alpha value is -1.99. The Bertz CT molecular complexity index is 568. The maximum atomic E-state index is 11.9. The quantitative estimate of drug-likeness (QED) is 0.815. The lowest BCUT2D eigenvalue weighted by Crippen LogP contribution is -2.42. The third-order valence-electron chi connectivity index (χ3n) is 2.34. The third-order valence-corrected chi connectivity index (χ3v) is 2.90. The first kappa shape index (κ1) is 17.1. The zero-order valence-corrected chi connectivity index (χ0v) is 12.6. The summed E-state index contributed by atoms with van der Waals surface area (Å²) in [4.78, 5) is 33.8. The number of primary amides is 1. The Balaban J connectivity index is 2.85. The van der Waals surface area contributed by atoms with Crippen molar-refractivity contribution in [2.75, 3.05) is 7.11 Å². The zero-order chi connectivity index (χ0) is 16.2. The second kappa shape index (κ2) is 7.14. The van der Waals surface area contributed by atoms with Crippen molar-refractivity contribution in [3.05, 3.63) is 27.7 Å². The lowest BCUT2D eigenvalue weighted by atomic mass is 10.2. The molecule has 0 fully saturated rings. The Morgan fingerprint density at radius 2 is 1.76 bits per heavy atom. The minimum Gasteiger partial charge on any atom is -0.494 e. The molecule has 3 N–H and O–H groups in total. The molecule has 21 heavy (non-hydrogen) atoms. The van der Waals surface area contributed by atoms with Crippen LogP contribution in [0.15, 0.2) is 12.1 Å². The first-order chi connectivity index (χ1) is 9.76. The maximum Gasteiger partial charge on any atom is 0.339 e. The van der Waals surface area contributed by atoms with Crippen LogP contribution < -0.4 is 15.8 Å². The van der Waals surface area contributed by atoms with E-state index >= 15 is 0 Å². The molecule has 0 saturated carbocycles. The Morgan fingerprint density at radius 3 is 2.19 bits per heavy atom. The summed E-state index contributed by atoms with van der Waals surface area (Å²) in [6, 6.07) is 1.53. The summed E-state index contributed by atoms with van der Waals surface area (Å²) in [6.07, 6.45) is -1.22. The topological polar surface area (TPSA) is 108 Å². The molecule has 0 spiro atoms. The summed E-state index contributed by atoms with van der Waals surface area (Å²) in [5, 5.41) is 2.02. The van der Waals surface area contributed by atoms with Crippen LogP contribution in [-0.2, 0) is 9.53 Å². The maximum absolute atomic E-state index is 11.9. The van der Waals surface area contributed by atoms with Gasteiger partial charge < -0.3 is 15.2 Å². The fourth-order valence-corrected chi connectivity index (χ4v) is 2.02. The summed E-state index contributed by atoms with van der Waals surface area (Å²) in [7, 11) is 1.38. The van der Waals surface area contributed by atoms with Crippen molar-refractivity contribution >= 4 is 41.1 Å². The normalized spacial score (nSPS) is 11.4. The highest BCUT2D eigenvalue weighted by Crippen LogP contribution is 2.34. The van der Waals surface area contributed by atoms with Crippen molar-refractivity contribution < 1.29 is 23.9 Å². The molecular formula is C12H12Cl2N2O5. The van der Waals surface area contributed by atoms with Crippen molar-refractivity contribution in [1.29, 1.82) is 0 Å². The van der Waals surface area contributed by atoms with Gasteiger partial charge in [0.25, 0.3) is 5.91 Å². The van der Waals surface area contributed by atoms with Crippen molar-refractivity contribution in [2.45, 2.75) is 13.0 Å². The van der Waals surface area contributed by atoms with Crippen molar-refractivity contribution in [3.8, 4) is 5.75 Å². The van der Waals surface area contributed by atoms with Crippen molar-refractivity contribution in [2.24, 2.45) is 5.73 Å². The van der Waals surface area contributed by atoms with E-state index in [2.05, 4.69) is 0 Å². The van der Waals surface area contributed by atoms with E-state index in [0.717, 1.165) is 0 Å². The SMILES string of the molecule is COc1c(Cl)cc(C(=O)O[C@@H](C)C(=O)NC(N)=O)cc1Cl. The van der Waals surface area contributed by atoms with Crippen LogP contribution in [0, 0.1) is 0 Å². The van der Waals surface area contributed by atoms with Gasteiger partial charge in [0.15, 0.2) is 11.9 Å². The van der Waals surface area contributed by atoms with E-state index in [1.54, 1.807) is 5.32 Å². The molecule has 0 aliphatic heterocycles. The molecule has 9 heteroatoms. The number of carbonyl (C=O) groups is 3. The average Bonchev–Trinajstić information content (AvgIpc) is 2.37. The number of amides is 3. The molecule has 0 aliphatic rings. The standard InChI is InChI=1S/C12H12Cl2N2O5/c1-5(10(17)16-12(15)19)21-11(18)6-3-7(13)9(20-2)8(14)4-6/h3-5H,1-2H3,(H3,15,16,17,19)/t5-/m0/s1. The molecule has 3 amide bonds. The molecule has 1 aromatic carbocycles. The molecule has 0 saturated heterocycles. The zero-order valence-electron chi connectivity index (χ0n) is 11.1. The van der Waals surface area contributed by atoms with E-state index in [9.17, 15) is 14.4 Å². The van der Waals surface area contributed by atoms with Crippen molar-refractivity contribution in [3.63, 3.8) is 0 Å². The highest BCUT2D eigenvalue weighted by atomic mass is 35.5. The number of benzene rings is 1. The van der Waals surface area contributed by atoms with Crippen LogP contribution in [0.25, 0.3) is 0 Å². The van der Waals surface area contributed by atoms with Gasteiger partial charge in [0.2, 0.25) is 0 Å². The molecule has 0 unspecified atom stereocenters. The van der Waals surface area contributed by atoms with Gasteiger partial charge in [-0.05, 0) is 19.1 Å². The van der Waals surface area contributed by atoms with Gasteiger partial charge in [-0.3, -0.25) is 10.1 Å². The molecule has 0 radical (unpaired) electrons. The Labute approximate surface area is 130 Å². The van der Waals surface area contributed by atoms with E-state index in [4.69, 9.17) is 38.4 Å². The molecule has 7 nitrogen and oxygen atoms in total. The van der Waals surface area contributed by atoms with Gasteiger partial charge in [0, 0.05) is 0 Å². The van der Waals surface area contributed by atoms with Crippen LogP contribution in [0.4, 0.5) is 4.79 Å². The van der Waals surface area contributed by atoms with Crippen LogP contribution >= 0.6 is 23.2 Å². The fourth-order valence-electron chi connectivity index (χ4n) is 1.38. The first-order valence-electron chi connectivity index (χ1n) is 5.60. The summed E-state index contributed by atoms with van der Waals surface area (Å²) in [5.41, 5.74) is 4.82. The molecular weight excluding hydrogens is 323 g/mol. The highest BCUT2D eigenvalue weighted by Gasteiger charge is 2.21. The molecule has 0 aromatic heterocycles. The number of hydrogen-bond donors (Lipinski definition) is 2. The minimum absolute atomic E-state index is 0.0320. The number of esters is 1. The number of carbonyl (C=O) groups excluding carboxylic acids is 3. The largest absolute Gasteiger partial charge is 0.494 e. The number of ether oxygens (including phenoxy) is 2. The van der Waals surface area contributed by atoms with Crippen LogP contribution in [-0.4, -0.2) is 31.1 Å². The van der Waals surface area contributed by atoms with Gasteiger partial charge >= 0.3 is 12.0 Å². The number of methoxy groups -OCH3 is 1. The number of halogens is 2. The van der Waals surface area contributed by atoms with Gasteiger partial charge in [-0.1, -0.05) is 23.2 Å². The number of nitrogens with one attached hydrogen (secondary N) is 1. The van der Waals surface area contributed by atoms with Crippen LogP contribution in [0.1, 0.15) is 17.3 Å². The van der Waals surface area contributed by atoms with Gasteiger partial charge in [-0.25, -0.2) is 9.59 Å². The lowest BCUT2D eigenvalue weighted by Gasteiger charge is -2.13. The Morgan fingerprint density at radius 1 is 1.24 bits per heavy atom. The predicted molar refractivity (Wildman–Crippen MR) is 75.6 cm³/mol. The van der Waals surface area contributed by atoms with Gasteiger partial charge in [0.05, 0.1) is 22.7 Å². The molecule has 0 bridgehead atoms. The van der Waals surface area contributed by atoms with Gasteiger partial charge in [0.1, 0.15) is 0 Å². The number of imide groups is 1. The van der Waals surface area contributed by atoms with Gasteiger partial charge in [-0.15, -0.1) is 0 Å². The fraction of sp³-hybridized carbons (Fsp3) is 0.250. The van der Waals surface area contributed by atoms with E-state index in [-0.39, 0.29) is 21.4 Å². The molecule has 0 aliphatic carbocycles. The third kappa shape index (κ3) is 4.51. The summed E-state index contributed by atoms with van der Waals surface area (Å²) < 4.78 is 9.81. The Kier molecular flexibility index (Phi) is 5.80.